The zero-order chi connectivity index (χ0) is 11.9. The normalized spacial score (nSPS) is 34.0. The topological polar surface area (TPSA) is 34.0 Å². The summed E-state index contributed by atoms with van der Waals surface area (Å²) in [6.07, 6.45) is 0.942. The van der Waals surface area contributed by atoms with Crippen LogP contribution < -0.4 is 4.90 Å². The van der Waals surface area contributed by atoms with Gasteiger partial charge in [-0.05, 0) is 27.2 Å². The molecule has 2 fully saturated rings. The minimum atomic E-state index is -0.398. The van der Waals surface area contributed by atoms with E-state index >= 15 is 0 Å². The van der Waals surface area contributed by atoms with E-state index in [9.17, 15) is 4.79 Å². The van der Waals surface area contributed by atoms with Gasteiger partial charge in [0.05, 0.1) is 19.1 Å². The molecule has 4 nitrogen and oxygen atoms in total. The van der Waals surface area contributed by atoms with Crippen molar-refractivity contribution in [1.29, 1.82) is 0 Å². The van der Waals surface area contributed by atoms with E-state index in [0.29, 0.717) is 12.0 Å². The van der Waals surface area contributed by atoms with Crippen molar-refractivity contribution in [2.24, 2.45) is 5.92 Å². The first-order valence-electron chi connectivity index (χ1n) is 6.03. The van der Waals surface area contributed by atoms with Crippen LogP contribution in [-0.4, -0.2) is 42.3 Å². The lowest BCUT2D eigenvalue weighted by molar-refractivity contribution is -0.842. The fourth-order valence-electron chi connectivity index (χ4n) is 2.73. The predicted molar refractivity (Wildman–Crippen MR) is 60.9 cm³/mol. The van der Waals surface area contributed by atoms with Gasteiger partial charge in [-0.3, -0.25) is 4.90 Å². The molecule has 2 saturated heterocycles. The zero-order valence-electron chi connectivity index (χ0n) is 10.5. The first-order valence-corrected chi connectivity index (χ1v) is 6.03. The molecule has 2 rings (SSSR count). The Kier molecular flexibility index (Phi) is 2.86. The molecule has 16 heavy (non-hydrogen) atoms. The molecule has 92 valence electrons. The van der Waals surface area contributed by atoms with Crippen molar-refractivity contribution in [3.63, 3.8) is 0 Å². The molecule has 1 unspecified atom stereocenters. The Morgan fingerprint density at radius 1 is 1.44 bits per heavy atom. The van der Waals surface area contributed by atoms with Gasteiger partial charge in [0.2, 0.25) is 0 Å². The Labute approximate surface area is 97.5 Å². The number of quaternary nitrogens is 1. The summed E-state index contributed by atoms with van der Waals surface area (Å²) in [4.78, 5) is 15.2. The van der Waals surface area contributed by atoms with Crippen molar-refractivity contribution in [3.05, 3.63) is 7.05 Å². The quantitative estimate of drug-likeness (QED) is 0.603. The second-order valence-electron chi connectivity index (χ2n) is 5.95. The van der Waals surface area contributed by atoms with Crippen LogP contribution >= 0.6 is 0 Å². The summed E-state index contributed by atoms with van der Waals surface area (Å²) in [6, 6.07) is 0.349. The fourth-order valence-corrected chi connectivity index (χ4v) is 2.73. The summed E-state index contributed by atoms with van der Waals surface area (Å²) in [5, 5.41) is 0. The standard InChI is InChI=1S/C12H22N2O2/c1-12(2,3)16-11(15)14-6-5-9-7-13(4)8-10(9)14/h9-10,13H,4-8H2,1-3H3/t9-,10+/m0/s1. The molecule has 1 amide bonds. The van der Waals surface area contributed by atoms with Crippen LogP contribution in [0.25, 0.3) is 0 Å². The minimum absolute atomic E-state index is 0.158. The van der Waals surface area contributed by atoms with Crippen LogP contribution in [-0.2, 0) is 4.74 Å². The largest absolute Gasteiger partial charge is 0.466 e. The van der Waals surface area contributed by atoms with Crippen LogP contribution in [0, 0.1) is 13.0 Å². The van der Waals surface area contributed by atoms with Gasteiger partial charge in [-0.25, -0.2) is 4.79 Å². The number of nitrogens with zero attached hydrogens (tertiary/aromatic N) is 1. The molecule has 0 aliphatic carbocycles. The molecular formula is C12H22N2O2. The van der Waals surface area contributed by atoms with Gasteiger partial charge in [0.15, 0.2) is 0 Å². The maximum absolute atomic E-state index is 12.0. The summed E-state index contributed by atoms with van der Waals surface area (Å²) in [5.74, 6) is 0.625. The lowest BCUT2D eigenvalue weighted by Gasteiger charge is -2.27. The molecule has 0 aromatic rings. The Bertz CT molecular complexity index is 285. The average molecular weight is 226 g/mol. The van der Waals surface area contributed by atoms with E-state index in [-0.39, 0.29) is 6.09 Å². The van der Waals surface area contributed by atoms with Gasteiger partial charge < -0.3 is 9.64 Å². The van der Waals surface area contributed by atoms with Crippen molar-refractivity contribution >= 4 is 6.09 Å². The summed E-state index contributed by atoms with van der Waals surface area (Å²) in [7, 11) is 4.03. The van der Waals surface area contributed by atoms with E-state index in [1.807, 2.05) is 25.7 Å². The van der Waals surface area contributed by atoms with Crippen molar-refractivity contribution in [2.45, 2.75) is 38.8 Å². The summed E-state index contributed by atoms with van der Waals surface area (Å²) >= 11 is 0. The number of nitrogens with one attached hydrogen (secondary N) is 1. The number of hydrogen-bond donors (Lipinski definition) is 1. The molecule has 2 aliphatic rings. The number of carbonyl (C=O) groups is 1. The smallest absolute Gasteiger partial charge is 0.410 e. The van der Waals surface area contributed by atoms with Crippen LogP contribution in [0.3, 0.4) is 0 Å². The number of rotatable bonds is 0. The van der Waals surface area contributed by atoms with E-state index in [1.165, 1.54) is 4.90 Å². The molecule has 0 aromatic carbocycles. The number of hydrogen-bond acceptors (Lipinski definition) is 2. The predicted octanol–water partition coefficient (Wildman–Crippen LogP) is 0.302. The zero-order valence-corrected chi connectivity index (χ0v) is 10.5. The third-order valence-corrected chi connectivity index (χ3v) is 3.36. The average Bonchev–Trinajstić information content (AvgIpc) is 2.58. The van der Waals surface area contributed by atoms with Gasteiger partial charge in [0, 0.05) is 12.5 Å². The third kappa shape index (κ3) is 2.32. The minimum Gasteiger partial charge on any atom is -0.466 e. The number of carbonyl (C=O) groups excluding carboxylic acids is 1. The van der Waals surface area contributed by atoms with Gasteiger partial charge in [0.1, 0.15) is 5.60 Å². The van der Waals surface area contributed by atoms with E-state index in [0.717, 1.165) is 26.1 Å². The van der Waals surface area contributed by atoms with Crippen LogP contribution in [0.15, 0.2) is 0 Å². The van der Waals surface area contributed by atoms with Gasteiger partial charge >= 0.3 is 6.09 Å². The van der Waals surface area contributed by atoms with Gasteiger partial charge in [-0.15, -0.1) is 0 Å². The highest BCUT2D eigenvalue weighted by atomic mass is 16.6. The van der Waals surface area contributed by atoms with Crippen molar-refractivity contribution < 1.29 is 14.4 Å². The second-order valence-corrected chi connectivity index (χ2v) is 5.95. The maximum atomic E-state index is 12.0. The van der Waals surface area contributed by atoms with E-state index < -0.39 is 5.60 Å². The Morgan fingerprint density at radius 2 is 2.12 bits per heavy atom. The molecule has 0 saturated carbocycles. The van der Waals surface area contributed by atoms with Gasteiger partial charge in [-0.1, -0.05) is 0 Å². The molecular weight excluding hydrogens is 204 g/mol. The number of fused-ring (bicyclic) bond motifs is 1. The Balaban J connectivity index is 1.98. The first kappa shape index (κ1) is 11.7. The highest BCUT2D eigenvalue weighted by Crippen LogP contribution is 2.26. The SMILES string of the molecule is [CH2-][NH+]1C[C@@H]2CCN(C(=O)OC(C)(C)C)[C@@H]2C1. The number of ether oxygens (including phenoxy) is 1. The van der Waals surface area contributed by atoms with Gasteiger partial charge in [0.25, 0.3) is 0 Å². The Morgan fingerprint density at radius 3 is 2.75 bits per heavy atom. The van der Waals surface area contributed by atoms with Crippen molar-refractivity contribution in [2.75, 3.05) is 19.6 Å². The van der Waals surface area contributed by atoms with E-state index in [4.69, 9.17) is 4.74 Å². The number of likely N-dealkylation sites (tertiary alicyclic amines) is 2. The van der Waals surface area contributed by atoms with Crippen LogP contribution in [0.4, 0.5) is 4.79 Å². The molecule has 0 aromatic heterocycles. The Hall–Kier alpha value is -0.770. The lowest BCUT2D eigenvalue weighted by atomic mass is 10.1. The molecule has 0 radical (unpaired) electrons. The van der Waals surface area contributed by atoms with Gasteiger partial charge in [-0.2, -0.15) is 7.05 Å². The van der Waals surface area contributed by atoms with Crippen LogP contribution in [0.5, 0.6) is 0 Å². The summed E-state index contributed by atoms with van der Waals surface area (Å²) < 4.78 is 5.42. The molecule has 2 aliphatic heterocycles. The van der Waals surface area contributed by atoms with Crippen LogP contribution in [0.2, 0.25) is 0 Å². The molecule has 0 bridgehead atoms. The third-order valence-electron chi connectivity index (χ3n) is 3.36. The first-order chi connectivity index (χ1) is 7.37. The maximum Gasteiger partial charge on any atom is 0.410 e. The number of amides is 1. The lowest BCUT2D eigenvalue weighted by Crippen LogP contribution is -3.05. The highest BCUT2D eigenvalue weighted by molar-refractivity contribution is 5.69. The molecule has 1 N–H and O–H groups in total. The van der Waals surface area contributed by atoms with Crippen molar-refractivity contribution in [3.8, 4) is 0 Å². The highest BCUT2D eigenvalue weighted by Gasteiger charge is 2.44. The van der Waals surface area contributed by atoms with Crippen molar-refractivity contribution in [1.82, 2.24) is 4.90 Å². The van der Waals surface area contributed by atoms with Crippen LogP contribution in [0.1, 0.15) is 27.2 Å². The monoisotopic (exact) mass is 226 g/mol. The molecule has 0 spiro atoms. The molecule has 2 heterocycles. The van der Waals surface area contributed by atoms with E-state index in [1.54, 1.807) is 0 Å². The second kappa shape index (κ2) is 3.91. The summed E-state index contributed by atoms with van der Waals surface area (Å²) in [6.45, 7) is 8.62. The van der Waals surface area contributed by atoms with E-state index in [2.05, 4.69) is 7.05 Å². The molecule has 3 atom stereocenters. The fraction of sp³-hybridized carbons (Fsp3) is 0.833. The molecule has 4 heteroatoms. The summed E-state index contributed by atoms with van der Waals surface area (Å²) in [5.41, 5.74) is -0.398.